The van der Waals surface area contributed by atoms with Gasteiger partial charge >= 0.3 is 6.03 Å². The van der Waals surface area contributed by atoms with E-state index >= 15 is 0 Å². The van der Waals surface area contributed by atoms with Crippen LogP contribution in [0.5, 0.6) is 0 Å². The summed E-state index contributed by atoms with van der Waals surface area (Å²) in [4.78, 5) is 11.6. The van der Waals surface area contributed by atoms with Gasteiger partial charge in [-0.2, -0.15) is 0 Å². The van der Waals surface area contributed by atoms with Crippen LogP contribution in [-0.2, 0) is 19.5 Å². The maximum absolute atomic E-state index is 11.6. The number of hydrogen-bond donors (Lipinski definition) is 2. The van der Waals surface area contributed by atoms with Crippen LogP contribution in [0.15, 0.2) is 0 Å². The largest absolute Gasteiger partial charge is 0.338 e. The van der Waals surface area contributed by atoms with Crippen molar-refractivity contribution in [2.45, 2.75) is 52.6 Å². The van der Waals surface area contributed by atoms with Crippen LogP contribution in [0.2, 0.25) is 0 Å². The van der Waals surface area contributed by atoms with Crippen LogP contribution in [0.25, 0.3) is 0 Å². The van der Waals surface area contributed by atoms with Gasteiger partial charge in [0.2, 0.25) is 0 Å². The molecule has 19 heavy (non-hydrogen) atoms. The summed E-state index contributed by atoms with van der Waals surface area (Å²) in [5.74, 6) is 2.36. The Labute approximate surface area is 114 Å². The van der Waals surface area contributed by atoms with Gasteiger partial charge in [0.25, 0.3) is 0 Å². The number of carbonyl (C=O) groups excluding carboxylic acids is 1. The molecular weight excluding hydrogens is 242 g/mol. The molecule has 0 fully saturated rings. The Morgan fingerprint density at radius 1 is 1.26 bits per heavy atom. The molecule has 1 aliphatic rings. The van der Waals surface area contributed by atoms with Crippen molar-refractivity contribution >= 4 is 6.03 Å². The third-order valence-corrected chi connectivity index (χ3v) is 3.26. The molecule has 0 aliphatic carbocycles. The van der Waals surface area contributed by atoms with E-state index in [2.05, 4.69) is 39.2 Å². The minimum absolute atomic E-state index is 0.139. The number of carbonyl (C=O) groups is 1. The number of nitrogens with zero attached hydrogens (tertiary/aromatic N) is 3. The van der Waals surface area contributed by atoms with E-state index in [9.17, 15) is 4.79 Å². The van der Waals surface area contributed by atoms with Crippen LogP contribution < -0.4 is 10.6 Å². The van der Waals surface area contributed by atoms with Gasteiger partial charge < -0.3 is 15.2 Å². The van der Waals surface area contributed by atoms with E-state index < -0.39 is 0 Å². The second-order valence-electron chi connectivity index (χ2n) is 5.45. The van der Waals surface area contributed by atoms with Crippen molar-refractivity contribution in [3.63, 3.8) is 0 Å². The molecule has 6 nitrogen and oxygen atoms in total. The average molecular weight is 265 g/mol. The summed E-state index contributed by atoms with van der Waals surface area (Å²) in [5, 5.41) is 14.1. The fraction of sp³-hybridized carbons (Fsp3) is 0.769. The summed E-state index contributed by atoms with van der Waals surface area (Å²) >= 11 is 0. The lowest BCUT2D eigenvalue weighted by atomic mass is 10.2. The molecule has 0 bridgehead atoms. The second kappa shape index (κ2) is 6.54. The SMILES string of the molecule is CC(C)CNC(=O)NCc1nnc2n1CCCCC2. The highest BCUT2D eigenvalue weighted by molar-refractivity contribution is 5.73. The zero-order valence-corrected chi connectivity index (χ0v) is 11.8. The lowest BCUT2D eigenvalue weighted by Crippen LogP contribution is -2.37. The van der Waals surface area contributed by atoms with Crippen LogP contribution >= 0.6 is 0 Å². The fourth-order valence-corrected chi connectivity index (χ4v) is 2.19. The highest BCUT2D eigenvalue weighted by atomic mass is 16.2. The summed E-state index contributed by atoms with van der Waals surface area (Å²) in [6, 6.07) is -0.139. The molecule has 1 aliphatic heterocycles. The number of hydrogen-bond acceptors (Lipinski definition) is 3. The van der Waals surface area contributed by atoms with Gasteiger partial charge in [0.1, 0.15) is 5.82 Å². The molecule has 0 saturated heterocycles. The summed E-state index contributed by atoms with van der Waals surface area (Å²) < 4.78 is 2.15. The Morgan fingerprint density at radius 3 is 2.89 bits per heavy atom. The molecule has 106 valence electrons. The zero-order chi connectivity index (χ0) is 13.7. The molecule has 1 aromatic heterocycles. The first-order valence-electron chi connectivity index (χ1n) is 7.09. The molecule has 2 amide bonds. The minimum Gasteiger partial charge on any atom is -0.338 e. The standard InChI is InChI=1S/C13H23N5O/c1-10(2)8-14-13(19)15-9-12-17-16-11-6-4-3-5-7-18(11)12/h10H,3-9H2,1-2H3,(H2,14,15,19). The Balaban J connectivity index is 1.86. The lowest BCUT2D eigenvalue weighted by Gasteiger charge is -2.10. The first-order valence-corrected chi connectivity index (χ1v) is 7.09. The predicted molar refractivity (Wildman–Crippen MR) is 72.7 cm³/mol. The Kier molecular flexibility index (Phi) is 4.76. The molecule has 1 aromatic rings. The first-order chi connectivity index (χ1) is 9.16. The van der Waals surface area contributed by atoms with Gasteiger partial charge in [-0.25, -0.2) is 4.79 Å². The zero-order valence-electron chi connectivity index (χ0n) is 11.8. The molecule has 2 rings (SSSR count). The maximum atomic E-state index is 11.6. The topological polar surface area (TPSA) is 71.8 Å². The van der Waals surface area contributed by atoms with Crippen molar-refractivity contribution in [3.05, 3.63) is 11.6 Å². The van der Waals surface area contributed by atoms with Crippen LogP contribution in [-0.4, -0.2) is 27.3 Å². The van der Waals surface area contributed by atoms with Gasteiger partial charge in [0.05, 0.1) is 6.54 Å². The van der Waals surface area contributed by atoms with Crippen LogP contribution in [0.1, 0.15) is 44.8 Å². The minimum atomic E-state index is -0.139. The second-order valence-corrected chi connectivity index (χ2v) is 5.45. The van der Waals surface area contributed by atoms with E-state index in [4.69, 9.17) is 0 Å². The maximum Gasteiger partial charge on any atom is 0.315 e. The van der Waals surface area contributed by atoms with Gasteiger partial charge in [0, 0.05) is 19.5 Å². The highest BCUT2D eigenvalue weighted by Gasteiger charge is 2.14. The van der Waals surface area contributed by atoms with Gasteiger partial charge in [-0.3, -0.25) is 0 Å². The van der Waals surface area contributed by atoms with Gasteiger partial charge in [-0.05, 0) is 18.8 Å². The van der Waals surface area contributed by atoms with Crippen molar-refractivity contribution < 1.29 is 4.79 Å². The van der Waals surface area contributed by atoms with Crippen molar-refractivity contribution in [1.82, 2.24) is 25.4 Å². The highest BCUT2D eigenvalue weighted by Crippen LogP contribution is 2.14. The van der Waals surface area contributed by atoms with E-state index in [0.717, 1.165) is 31.0 Å². The van der Waals surface area contributed by atoms with Crippen LogP contribution in [0.4, 0.5) is 4.79 Å². The smallest absolute Gasteiger partial charge is 0.315 e. The van der Waals surface area contributed by atoms with E-state index in [-0.39, 0.29) is 6.03 Å². The first kappa shape index (κ1) is 13.8. The van der Waals surface area contributed by atoms with Crippen molar-refractivity contribution in [2.75, 3.05) is 6.54 Å². The number of urea groups is 1. The molecule has 2 heterocycles. The van der Waals surface area contributed by atoms with E-state index in [1.54, 1.807) is 0 Å². The van der Waals surface area contributed by atoms with Crippen molar-refractivity contribution in [2.24, 2.45) is 5.92 Å². The number of nitrogens with one attached hydrogen (secondary N) is 2. The Morgan fingerprint density at radius 2 is 2.11 bits per heavy atom. The number of rotatable bonds is 4. The number of fused-ring (bicyclic) bond motifs is 1. The van der Waals surface area contributed by atoms with Crippen LogP contribution in [0, 0.1) is 5.92 Å². The molecule has 0 spiro atoms. The summed E-state index contributed by atoms with van der Waals surface area (Å²) in [6.45, 7) is 6.23. The fourth-order valence-electron chi connectivity index (χ4n) is 2.19. The Bertz CT molecular complexity index is 427. The molecule has 0 atom stereocenters. The third kappa shape index (κ3) is 3.94. The molecule has 0 unspecified atom stereocenters. The van der Waals surface area contributed by atoms with Gasteiger partial charge in [-0.1, -0.05) is 20.3 Å². The molecule has 0 saturated carbocycles. The predicted octanol–water partition coefficient (Wildman–Crippen LogP) is 1.46. The monoisotopic (exact) mass is 265 g/mol. The van der Waals surface area contributed by atoms with E-state index in [0.29, 0.717) is 19.0 Å². The van der Waals surface area contributed by atoms with Gasteiger partial charge in [0.15, 0.2) is 5.82 Å². The molecule has 2 N–H and O–H groups in total. The normalized spacial score (nSPS) is 14.9. The van der Waals surface area contributed by atoms with Crippen molar-refractivity contribution in [3.8, 4) is 0 Å². The Hall–Kier alpha value is -1.59. The average Bonchev–Trinajstić information content (AvgIpc) is 2.61. The number of amides is 2. The number of aryl methyl sites for hydroxylation is 1. The quantitative estimate of drug-likeness (QED) is 0.865. The third-order valence-electron chi connectivity index (χ3n) is 3.26. The van der Waals surface area contributed by atoms with Crippen LogP contribution in [0.3, 0.4) is 0 Å². The lowest BCUT2D eigenvalue weighted by molar-refractivity contribution is 0.238. The molecular formula is C13H23N5O. The molecule has 6 heteroatoms. The summed E-state index contributed by atoms with van der Waals surface area (Å²) in [5.41, 5.74) is 0. The molecule has 0 aromatic carbocycles. The van der Waals surface area contributed by atoms with Gasteiger partial charge in [-0.15, -0.1) is 10.2 Å². The molecule has 0 radical (unpaired) electrons. The summed E-state index contributed by atoms with van der Waals surface area (Å²) in [6.07, 6.45) is 4.58. The van der Waals surface area contributed by atoms with E-state index in [1.807, 2.05) is 0 Å². The number of aromatic nitrogens is 3. The van der Waals surface area contributed by atoms with E-state index in [1.165, 1.54) is 12.8 Å². The van der Waals surface area contributed by atoms with Crippen molar-refractivity contribution in [1.29, 1.82) is 0 Å². The summed E-state index contributed by atoms with van der Waals surface area (Å²) in [7, 11) is 0.